The molecule has 1 heterocycles. The van der Waals surface area contributed by atoms with E-state index in [0.29, 0.717) is 24.2 Å². The van der Waals surface area contributed by atoms with E-state index in [1.807, 2.05) is 0 Å². The van der Waals surface area contributed by atoms with Crippen LogP contribution in [-0.4, -0.2) is 17.0 Å². The number of nitrogens with one attached hydrogen (secondary N) is 1. The molecular formula is C18H16F2N2O. The summed E-state index contributed by atoms with van der Waals surface area (Å²) in [4.78, 5) is 12.3. The number of rotatable bonds is 4. The van der Waals surface area contributed by atoms with Crippen LogP contribution in [0.2, 0.25) is 0 Å². The fourth-order valence-corrected chi connectivity index (χ4v) is 2.58. The van der Waals surface area contributed by atoms with Gasteiger partial charge in [-0.25, -0.2) is 8.78 Å². The number of hydrogen-bond donors (Lipinski definition) is 1. The maximum absolute atomic E-state index is 13.3. The Balaban J connectivity index is 1.68. The summed E-state index contributed by atoms with van der Waals surface area (Å²) in [6.07, 6.45) is 0.616. The lowest BCUT2D eigenvalue weighted by Gasteiger charge is -2.07. The molecule has 0 aliphatic rings. The molecule has 0 unspecified atom stereocenters. The zero-order valence-corrected chi connectivity index (χ0v) is 12.6. The third-order valence-electron chi connectivity index (χ3n) is 3.85. The second kappa shape index (κ2) is 6.20. The van der Waals surface area contributed by atoms with Crippen molar-refractivity contribution in [2.24, 2.45) is 7.05 Å². The average molecular weight is 314 g/mol. The zero-order chi connectivity index (χ0) is 16.4. The second-order valence-electron chi connectivity index (χ2n) is 5.42. The predicted molar refractivity (Wildman–Crippen MR) is 85.3 cm³/mol. The van der Waals surface area contributed by atoms with Crippen molar-refractivity contribution >= 4 is 16.8 Å². The Kier molecular flexibility index (Phi) is 4.10. The van der Waals surface area contributed by atoms with E-state index in [2.05, 4.69) is 5.32 Å². The molecule has 5 heteroatoms. The van der Waals surface area contributed by atoms with Crippen molar-refractivity contribution in [1.82, 2.24) is 9.88 Å². The Morgan fingerprint density at radius 1 is 1.04 bits per heavy atom. The van der Waals surface area contributed by atoms with Gasteiger partial charge in [0.1, 0.15) is 17.3 Å². The molecule has 3 nitrogen and oxygen atoms in total. The van der Waals surface area contributed by atoms with Crippen LogP contribution >= 0.6 is 0 Å². The molecule has 0 saturated heterocycles. The molecule has 3 rings (SSSR count). The van der Waals surface area contributed by atoms with Crippen LogP contribution in [0.5, 0.6) is 0 Å². The van der Waals surface area contributed by atoms with Gasteiger partial charge in [0.05, 0.1) is 5.52 Å². The Morgan fingerprint density at radius 3 is 2.48 bits per heavy atom. The van der Waals surface area contributed by atoms with E-state index in [1.165, 1.54) is 24.3 Å². The van der Waals surface area contributed by atoms with Crippen LogP contribution in [-0.2, 0) is 13.5 Å². The first-order valence-electron chi connectivity index (χ1n) is 7.32. The van der Waals surface area contributed by atoms with Crippen LogP contribution in [0.15, 0.2) is 48.5 Å². The van der Waals surface area contributed by atoms with Gasteiger partial charge in [0, 0.05) is 19.0 Å². The van der Waals surface area contributed by atoms with Crippen LogP contribution in [0.1, 0.15) is 16.1 Å². The molecule has 118 valence electrons. The van der Waals surface area contributed by atoms with E-state index in [4.69, 9.17) is 0 Å². The van der Waals surface area contributed by atoms with Crippen LogP contribution < -0.4 is 5.32 Å². The summed E-state index contributed by atoms with van der Waals surface area (Å²) in [7, 11) is 1.73. The third kappa shape index (κ3) is 3.23. The highest BCUT2D eigenvalue weighted by Crippen LogP contribution is 2.19. The molecule has 0 saturated carbocycles. The van der Waals surface area contributed by atoms with E-state index >= 15 is 0 Å². The maximum Gasteiger partial charge on any atom is 0.267 e. The van der Waals surface area contributed by atoms with Crippen molar-refractivity contribution in [3.05, 3.63) is 71.4 Å². The molecule has 3 aromatic rings. The van der Waals surface area contributed by atoms with Gasteiger partial charge in [-0.2, -0.15) is 0 Å². The van der Waals surface area contributed by atoms with Gasteiger partial charge in [-0.15, -0.1) is 0 Å². The van der Waals surface area contributed by atoms with Crippen molar-refractivity contribution in [3.63, 3.8) is 0 Å². The summed E-state index contributed by atoms with van der Waals surface area (Å²) in [5.74, 6) is -0.825. The van der Waals surface area contributed by atoms with Crippen molar-refractivity contribution in [2.75, 3.05) is 6.54 Å². The first-order chi connectivity index (χ1) is 11.0. The maximum atomic E-state index is 13.3. The van der Waals surface area contributed by atoms with E-state index in [9.17, 15) is 13.6 Å². The lowest BCUT2D eigenvalue weighted by Crippen LogP contribution is -2.27. The molecular weight excluding hydrogens is 298 g/mol. The number of nitrogens with zero attached hydrogens (tertiary/aromatic N) is 1. The van der Waals surface area contributed by atoms with Gasteiger partial charge >= 0.3 is 0 Å². The minimum absolute atomic E-state index is 0.216. The fourth-order valence-electron chi connectivity index (χ4n) is 2.58. The van der Waals surface area contributed by atoms with Gasteiger partial charge in [0.25, 0.3) is 5.91 Å². The lowest BCUT2D eigenvalue weighted by atomic mass is 10.1. The molecule has 0 radical (unpaired) electrons. The number of aryl methyl sites for hydroxylation is 1. The summed E-state index contributed by atoms with van der Waals surface area (Å²) < 4.78 is 27.8. The highest BCUT2D eigenvalue weighted by Gasteiger charge is 2.13. The number of fused-ring (bicyclic) bond motifs is 1. The van der Waals surface area contributed by atoms with E-state index in [-0.39, 0.29) is 17.5 Å². The quantitative estimate of drug-likeness (QED) is 0.786. The molecule has 1 aromatic heterocycles. The monoisotopic (exact) mass is 314 g/mol. The van der Waals surface area contributed by atoms with Gasteiger partial charge < -0.3 is 9.88 Å². The van der Waals surface area contributed by atoms with Crippen LogP contribution in [0.4, 0.5) is 8.78 Å². The molecule has 1 amide bonds. The Bertz CT molecular complexity index is 853. The van der Waals surface area contributed by atoms with Crippen molar-refractivity contribution in [1.29, 1.82) is 0 Å². The summed E-state index contributed by atoms with van der Waals surface area (Å²) in [5.41, 5.74) is 2.10. The number of benzene rings is 2. The molecule has 2 aromatic carbocycles. The minimum Gasteiger partial charge on any atom is -0.350 e. The smallest absolute Gasteiger partial charge is 0.267 e. The highest BCUT2D eigenvalue weighted by molar-refractivity contribution is 5.98. The molecule has 0 spiro atoms. The number of hydrogen-bond acceptors (Lipinski definition) is 1. The first kappa shape index (κ1) is 15.2. The summed E-state index contributed by atoms with van der Waals surface area (Å²) in [5, 5.41) is 3.65. The molecule has 23 heavy (non-hydrogen) atoms. The number of amides is 1. The molecule has 0 fully saturated rings. The van der Waals surface area contributed by atoms with Crippen LogP contribution in [0.25, 0.3) is 10.9 Å². The molecule has 0 bridgehead atoms. The van der Waals surface area contributed by atoms with Gasteiger partial charge in [-0.1, -0.05) is 12.1 Å². The van der Waals surface area contributed by atoms with Crippen LogP contribution in [0.3, 0.4) is 0 Å². The first-order valence-corrected chi connectivity index (χ1v) is 7.32. The van der Waals surface area contributed by atoms with E-state index < -0.39 is 0 Å². The third-order valence-corrected chi connectivity index (χ3v) is 3.85. The number of halogens is 2. The highest BCUT2D eigenvalue weighted by atomic mass is 19.1. The van der Waals surface area contributed by atoms with Crippen molar-refractivity contribution in [3.8, 4) is 0 Å². The summed E-state index contributed by atoms with van der Waals surface area (Å²) in [6, 6.07) is 12.4. The standard InChI is InChI=1S/C18H16F2N2O/c1-22-16-11-15(20)7-4-13(16)10-17(22)18(23)21-9-8-12-2-5-14(19)6-3-12/h2-7,10-11H,8-9H2,1H3,(H,21,23). The number of carbonyl (C=O) groups excluding carboxylic acids is 1. The van der Waals surface area contributed by atoms with E-state index in [1.54, 1.807) is 35.9 Å². The van der Waals surface area contributed by atoms with Gasteiger partial charge in [0.2, 0.25) is 0 Å². The van der Waals surface area contributed by atoms with Gasteiger partial charge in [0.15, 0.2) is 0 Å². The second-order valence-corrected chi connectivity index (χ2v) is 5.42. The van der Waals surface area contributed by atoms with Crippen molar-refractivity contribution < 1.29 is 13.6 Å². The van der Waals surface area contributed by atoms with Crippen molar-refractivity contribution in [2.45, 2.75) is 6.42 Å². The van der Waals surface area contributed by atoms with E-state index in [0.717, 1.165) is 10.9 Å². The Morgan fingerprint density at radius 2 is 1.74 bits per heavy atom. The predicted octanol–water partition coefficient (Wildman–Crippen LogP) is 3.43. The average Bonchev–Trinajstić information content (AvgIpc) is 2.86. The molecule has 0 aliphatic heterocycles. The summed E-state index contributed by atoms with van der Waals surface area (Å²) in [6.45, 7) is 0.445. The fraction of sp³-hybridized carbons (Fsp3) is 0.167. The summed E-state index contributed by atoms with van der Waals surface area (Å²) >= 11 is 0. The largest absolute Gasteiger partial charge is 0.350 e. The Labute approximate surface area is 132 Å². The molecule has 0 aliphatic carbocycles. The number of aromatic nitrogens is 1. The number of carbonyl (C=O) groups is 1. The van der Waals surface area contributed by atoms with Gasteiger partial charge in [-0.05, 0) is 48.4 Å². The zero-order valence-electron chi connectivity index (χ0n) is 12.6. The molecule has 1 N–H and O–H groups in total. The Hall–Kier alpha value is -2.69. The SMILES string of the molecule is Cn1c(C(=O)NCCc2ccc(F)cc2)cc2ccc(F)cc21. The minimum atomic E-state index is -0.332. The normalized spacial score (nSPS) is 10.9. The topological polar surface area (TPSA) is 34.0 Å². The molecule has 0 atom stereocenters. The lowest BCUT2D eigenvalue weighted by molar-refractivity contribution is 0.0946. The van der Waals surface area contributed by atoms with Crippen LogP contribution in [0, 0.1) is 11.6 Å². The van der Waals surface area contributed by atoms with Gasteiger partial charge in [-0.3, -0.25) is 4.79 Å².